The first kappa shape index (κ1) is 11.7. The molecule has 0 fully saturated rings. The van der Waals surface area contributed by atoms with Crippen LogP contribution in [-0.2, 0) is 10.0 Å². The molecule has 2 rings (SSSR count). The van der Waals surface area contributed by atoms with Gasteiger partial charge in [0.25, 0.3) is 0 Å². The lowest BCUT2D eigenvalue weighted by molar-refractivity contribution is 0.598. The van der Waals surface area contributed by atoms with Gasteiger partial charge in [0.2, 0.25) is 10.0 Å². The van der Waals surface area contributed by atoms with E-state index in [-0.39, 0.29) is 12.3 Å². The van der Waals surface area contributed by atoms with Gasteiger partial charge in [-0.2, -0.15) is 0 Å². The Balaban J connectivity index is 2.09. The summed E-state index contributed by atoms with van der Waals surface area (Å²) in [6.07, 6.45) is 3.23. The molecule has 0 bridgehead atoms. The molecule has 0 saturated carbocycles. The Bertz CT molecular complexity index is 627. The van der Waals surface area contributed by atoms with Crippen LogP contribution >= 0.6 is 0 Å². The minimum absolute atomic E-state index is 0.106. The van der Waals surface area contributed by atoms with Crippen molar-refractivity contribution in [1.82, 2.24) is 9.97 Å². The minimum Gasteiger partial charge on any atom is -0.384 e. The largest absolute Gasteiger partial charge is 0.384 e. The zero-order valence-electron chi connectivity index (χ0n) is 9.00. The van der Waals surface area contributed by atoms with Crippen LogP contribution in [0.25, 0.3) is 11.0 Å². The normalized spacial score (nSPS) is 11.6. The van der Waals surface area contributed by atoms with E-state index >= 15 is 0 Å². The molecule has 2 aromatic rings. The third-order valence-electron chi connectivity index (χ3n) is 2.19. The molecule has 0 aliphatic rings. The number of nitrogens with two attached hydrogens (primary N) is 1. The first-order valence-electron chi connectivity index (χ1n) is 5.00. The van der Waals surface area contributed by atoms with E-state index < -0.39 is 10.0 Å². The average Bonchev–Trinajstić information content (AvgIpc) is 2.27. The number of hydrogen-bond acceptors (Lipinski definition) is 5. The average molecular weight is 252 g/mol. The van der Waals surface area contributed by atoms with Gasteiger partial charge in [0.1, 0.15) is 0 Å². The smallest absolute Gasteiger partial charge is 0.210 e. The lowest BCUT2D eigenvalue weighted by atomic mass is 10.2. The first-order valence-corrected chi connectivity index (χ1v) is 6.71. The second-order valence-corrected chi connectivity index (χ2v) is 5.29. The quantitative estimate of drug-likeness (QED) is 0.817. The van der Waals surface area contributed by atoms with Gasteiger partial charge < -0.3 is 5.32 Å². The molecule has 1 heterocycles. The number of primary sulfonamides is 1. The third kappa shape index (κ3) is 3.36. The van der Waals surface area contributed by atoms with Crippen LogP contribution in [-0.4, -0.2) is 30.7 Å². The Morgan fingerprint density at radius 1 is 1.18 bits per heavy atom. The van der Waals surface area contributed by atoms with Gasteiger partial charge in [-0.05, 0) is 18.2 Å². The summed E-state index contributed by atoms with van der Waals surface area (Å²) in [5.41, 5.74) is 2.35. The zero-order valence-corrected chi connectivity index (χ0v) is 9.81. The molecule has 0 radical (unpaired) electrons. The van der Waals surface area contributed by atoms with Crippen LogP contribution in [0.15, 0.2) is 30.6 Å². The van der Waals surface area contributed by atoms with Gasteiger partial charge in [-0.15, -0.1) is 0 Å². The molecule has 7 heteroatoms. The number of sulfonamides is 1. The third-order valence-corrected chi connectivity index (χ3v) is 2.96. The van der Waals surface area contributed by atoms with Crippen LogP contribution in [0.3, 0.4) is 0 Å². The van der Waals surface area contributed by atoms with Crippen molar-refractivity contribution in [2.24, 2.45) is 5.14 Å². The molecule has 0 amide bonds. The Morgan fingerprint density at radius 2 is 1.88 bits per heavy atom. The number of hydrogen-bond donors (Lipinski definition) is 2. The summed E-state index contributed by atoms with van der Waals surface area (Å²) in [7, 11) is -3.43. The molecule has 0 spiro atoms. The monoisotopic (exact) mass is 252 g/mol. The molecule has 0 aliphatic carbocycles. The van der Waals surface area contributed by atoms with Crippen molar-refractivity contribution in [3.05, 3.63) is 30.6 Å². The van der Waals surface area contributed by atoms with Crippen LogP contribution < -0.4 is 10.5 Å². The number of aromatic nitrogens is 2. The minimum atomic E-state index is -3.43. The summed E-state index contributed by atoms with van der Waals surface area (Å²) in [5.74, 6) is -0.106. The molecule has 0 atom stereocenters. The fourth-order valence-corrected chi connectivity index (χ4v) is 1.80. The second kappa shape index (κ2) is 4.64. The van der Waals surface area contributed by atoms with Crippen LogP contribution in [0, 0.1) is 0 Å². The molecular weight excluding hydrogens is 240 g/mol. The molecule has 1 aromatic heterocycles. The maximum Gasteiger partial charge on any atom is 0.210 e. The van der Waals surface area contributed by atoms with E-state index in [2.05, 4.69) is 15.3 Å². The van der Waals surface area contributed by atoms with Gasteiger partial charge in [0.15, 0.2) is 0 Å². The number of nitrogens with zero attached hydrogens (tertiary/aromatic N) is 2. The van der Waals surface area contributed by atoms with Crippen molar-refractivity contribution in [3.8, 4) is 0 Å². The van der Waals surface area contributed by atoms with Crippen molar-refractivity contribution in [2.45, 2.75) is 0 Å². The summed E-state index contributed by atoms with van der Waals surface area (Å²) < 4.78 is 21.5. The van der Waals surface area contributed by atoms with E-state index in [1.54, 1.807) is 12.4 Å². The topological polar surface area (TPSA) is 98.0 Å². The van der Waals surface area contributed by atoms with Gasteiger partial charge in [0.05, 0.1) is 16.8 Å². The Morgan fingerprint density at radius 3 is 2.59 bits per heavy atom. The number of anilines is 1. The van der Waals surface area contributed by atoms with Crippen molar-refractivity contribution < 1.29 is 8.42 Å². The van der Waals surface area contributed by atoms with Crippen molar-refractivity contribution in [3.63, 3.8) is 0 Å². The molecule has 0 aliphatic heterocycles. The summed E-state index contributed by atoms with van der Waals surface area (Å²) in [5, 5.41) is 7.87. The van der Waals surface area contributed by atoms with E-state index in [1.807, 2.05) is 18.2 Å². The highest BCUT2D eigenvalue weighted by atomic mass is 32.2. The number of nitrogens with one attached hydrogen (secondary N) is 1. The molecule has 17 heavy (non-hydrogen) atoms. The van der Waals surface area contributed by atoms with E-state index in [1.165, 1.54) is 0 Å². The highest BCUT2D eigenvalue weighted by Crippen LogP contribution is 2.14. The standard InChI is InChI=1S/C10H12N4O2S/c11-17(15,16)6-5-12-8-1-2-9-10(7-8)14-4-3-13-9/h1-4,7,12H,5-6H2,(H2,11,15,16). The summed E-state index contributed by atoms with van der Waals surface area (Å²) in [4.78, 5) is 8.29. The molecule has 0 unspecified atom stereocenters. The molecule has 0 saturated heterocycles. The highest BCUT2D eigenvalue weighted by molar-refractivity contribution is 7.89. The van der Waals surface area contributed by atoms with E-state index in [4.69, 9.17) is 5.14 Å². The van der Waals surface area contributed by atoms with E-state index in [0.29, 0.717) is 0 Å². The number of fused-ring (bicyclic) bond motifs is 1. The SMILES string of the molecule is NS(=O)(=O)CCNc1ccc2nccnc2c1. The van der Waals surface area contributed by atoms with Gasteiger partial charge in [0, 0.05) is 24.6 Å². The highest BCUT2D eigenvalue weighted by Gasteiger charge is 2.02. The molecule has 1 aromatic carbocycles. The predicted molar refractivity (Wildman–Crippen MR) is 66.0 cm³/mol. The van der Waals surface area contributed by atoms with Crippen molar-refractivity contribution in [1.29, 1.82) is 0 Å². The van der Waals surface area contributed by atoms with Gasteiger partial charge in [-0.1, -0.05) is 0 Å². The molecule has 6 nitrogen and oxygen atoms in total. The van der Waals surface area contributed by atoms with Gasteiger partial charge in [-0.3, -0.25) is 9.97 Å². The Hall–Kier alpha value is -1.73. The molecular formula is C10H12N4O2S. The second-order valence-electron chi connectivity index (χ2n) is 3.55. The summed E-state index contributed by atoms with van der Waals surface area (Å²) >= 11 is 0. The summed E-state index contributed by atoms with van der Waals surface area (Å²) in [6, 6.07) is 5.45. The maximum atomic E-state index is 10.7. The van der Waals surface area contributed by atoms with Crippen LogP contribution in [0.5, 0.6) is 0 Å². The maximum absolute atomic E-state index is 10.7. The fourth-order valence-electron chi connectivity index (χ4n) is 1.41. The Labute approximate surface area is 98.9 Å². The molecule has 3 N–H and O–H groups in total. The number of benzene rings is 1. The number of rotatable bonds is 4. The van der Waals surface area contributed by atoms with E-state index in [9.17, 15) is 8.42 Å². The lowest BCUT2D eigenvalue weighted by Gasteiger charge is -2.05. The van der Waals surface area contributed by atoms with Crippen LogP contribution in [0.4, 0.5) is 5.69 Å². The van der Waals surface area contributed by atoms with Crippen molar-refractivity contribution in [2.75, 3.05) is 17.6 Å². The summed E-state index contributed by atoms with van der Waals surface area (Å²) in [6.45, 7) is 0.268. The van der Waals surface area contributed by atoms with Crippen LogP contribution in [0.1, 0.15) is 0 Å². The van der Waals surface area contributed by atoms with Gasteiger partial charge in [-0.25, -0.2) is 13.6 Å². The fraction of sp³-hybridized carbons (Fsp3) is 0.200. The Kier molecular flexibility index (Phi) is 3.21. The van der Waals surface area contributed by atoms with E-state index in [0.717, 1.165) is 16.7 Å². The van der Waals surface area contributed by atoms with Crippen molar-refractivity contribution >= 4 is 26.7 Å². The first-order chi connectivity index (χ1) is 8.04. The predicted octanol–water partition coefficient (Wildman–Crippen LogP) is 0.330. The zero-order chi connectivity index (χ0) is 12.3. The van der Waals surface area contributed by atoms with Gasteiger partial charge >= 0.3 is 0 Å². The molecule has 90 valence electrons. The lowest BCUT2D eigenvalue weighted by Crippen LogP contribution is -2.22. The van der Waals surface area contributed by atoms with Crippen LogP contribution in [0.2, 0.25) is 0 Å².